The van der Waals surface area contributed by atoms with Crippen molar-refractivity contribution in [1.82, 2.24) is 0 Å². The molecule has 1 fully saturated rings. The highest BCUT2D eigenvalue weighted by atomic mass is 16.6. The normalized spacial score (nSPS) is 40.0. The van der Waals surface area contributed by atoms with Crippen LogP contribution in [0.3, 0.4) is 0 Å². The zero-order valence-electron chi connectivity index (χ0n) is 23.0. The number of aliphatic hydroxyl groups is 4. The van der Waals surface area contributed by atoms with Gasteiger partial charge in [0.1, 0.15) is 12.2 Å². The summed E-state index contributed by atoms with van der Waals surface area (Å²) in [5, 5.41) is 41.6. The van der Waals surface area contributed by atoms with Gasteiger partial charge in [0.05, 0.1) is 35.9 Å². The summed E-state index contributed by atoms with van der Waals surface area (Å²) in [6, 6.07) is 0. The minimum atomic E-state index is -1.41. The Hall–Kier alpha value is -1.51. The predicted molar refractivity (Wildman–Crippen MR) is 140 cm³/mol. The Morgan fingerprint density at radius 1 is 1.25 bits per heavy atom. The van der Waals surface area contributed by atoms with Crippen molar-refractivity contribution in [2.24, 2.45) is 23.7 Å². The van der Waals surface area contributed by atoms with Crippen LogP contribution in [0.5, 0.6) is 0 Å². The van der Waals surface area contributed by atoms with Crippen molar-refractivity contribution >= 4 is 5.97 Å². The smallest absolute Gasteiger partial charge is 0.311 e. The van der Waals surface area contributed by atoms with Crippen LogP contribution in [0.25, 0.3) is 0 Å². The Kier molecular flexibility index (Phi) is 11.4. The molecule has 2 aliphatic heterocycles. The van der Waals surface area contributed by atoms with Gasteiger partial charge in [-0.25, -0.2) is 0 Å². The van der Waals surface area contributed by atoms with Crippen molar-refractivity contribution in [1.29, 1.82) is 0 Å². The Balaban J connectivity index is 2.09. The molecule has 7 nitrogen and oxygen atoms in total. The van der Waals surface area contributed by atoms with E-state index in [1.165, 1.54) is 13.0 Å². The third-order valence-electron chi connectivity index (χ3n) is 7.87. The average molecular weight is 509 g/mol. The number of allylic oxidation sites excluding steroid dienone is 3. The quantitative estimate of drug-likeness (QED) is 0.171. The van der Waals surface area contributed by atoms with Crippen molar-refractivity contribution in [3.8, 4) is 0 Å². The summed E-state index contributed by atoms with van der Waals surface area (Å²) in [7, 11) is 0. The van der Waals surface area contributed by atoms with Crippen LogP contribution in [0.2, 0.25) is 0 Å². The maximum Gasteiger partial charge on any atom is 0.311 e. The topological polar surface area (TPSA) is 120 Å². The van der Waals surface area contributed by atoms with E-state index in [-0.39, 0.29) is 48.9 Å². The number of aliphatic hydroxyl groups excluding tert-OH is 3. The fraction of sp³-hybridized carbons (Fsp3) is 0.759. The highest BCUT2D eigenvalue weighted by Crippen LogP contribution is 2.36. The number of cyclic esters (lactones) is 1. The average Bonchev–Trinajstić information content (AvgIpc) is 3.60. The van der Waals surface area contributed by atoms with E-state index < -0.39 is 35.8 Å². The van der Waals surface area contributed by atoms with Crippen LogP contribution in [0.15, 0.2) is 36.0 Å². The van der Waals surface area contributed by atoms with Gasteiger partial charge in [-0.3, -0.25) is 4.79 Å². The molecule has 0 amide bonds. The SMILES string of the molecule is CC[C@H](O)[C@@H](C)[C@H]1O[C@@H]1C[C@@H](C)/C=C/C=C(\C)[C@@H]1OC(=O)[C@H](C)[C@H](O)CC[C@@](C)(O)[C@@H](O)/C=C/[C@H]1C. The molecular formula is C29H48O7. The lowest BCUT2D eigenvalue weighted by Gasteiger charge is -2.31. The van der Waals surface area contributed by atoms with Gasteiger partial charge < -0.3 is 29.9 Å². The Bertz CT molecular complexity index is 801. The summed E-state index contributed by atoms with van der Waals surface area (Å²) in [5.74, 6) is -1.08. The van der Waals surface area contributed by atoms with E-state index in [1.54, 1.807) is 13.0 Å². The fourth-order valence-electron chi connectivity index (χ4n) is 4.77. The summed E-state index contributed by atoms with van der Waals surface area (Å²) < 4.78 is 11.6. The molecule has 0 aromatic rings. The van der Waals surface area contributed by atoms with Crippen molar-refractivity contribution in [2.75, 3.05) is 0 Å². The van der Waals surface area contributed by atoms with Crippen LogP contribution < -0.4 is 0 Å². The largest absolute Gasteiger partial charge is 0.457 e. The maximum absolute atomic E-state index is 12.8. The molecular weight excluding hydrogens is 460 g/mol. The molecule has 0 radical (unpaired) electrons. The lowest BCUT2D eigenvalue weighted by molar-refractivity contribution is -0.157. The first-order valence-electron chi connectivity index (χ1n) is 13.4. The van der Waals surface area contributed by atoms with Crippen LogP contribution in [0.4, 0.5) is 0 Å². The molecule has 206 valence electrons. The Morgan fingerprint density at radius 3 is 2.56 bits per heavy atom. The molecule has 1 saturated heterocycles. The van der Waals surface area contributed by atoms with E-state index in [9.17, 15) is 25.2 Å². The van der Waals surface area contributed by atoms with E-state index in [2.05, 4.69) is 13.0 Å². The lowest BCUT2D eigenvalue weighted by atomic mass is 9.87. The second-order valence-electron chi connectivity index (χ2n) is 11.3. The molecule has 4 N–H and O–H groups in total. The molecule has 0 aromatic carbocycles. The Labute approximate surface area is 216 Å². The zero-order chi connectivity index (χ0) is 27.2. The fourth-order valence-corrected chi connectivity index (χ4v) is 4.77. The van der Waals surface area contributed by atoms with E-state index in [1.807, 2.05) is 39.8 Å². The summed E-state index contributed by atoms with van der Waals surface area (Å²) in [4.78, 5) is 12.8. The molecule has 0 aliphatic carbocycles. The van der Waals surface area contributed by atoms with Gasteiger partial charge in [0, 0.05) is 11.8 Å². The van der Waals surface area contributed by atoms with E-state index >= 15 is 0 Å². The van der Waals surface area contributed by atoms with Crippen LogP contribution >= 0.6 is 0 Å². The second kappa shape index (κ2) is 13.3. The van der Waals surface area contributed by atoms with Crippen LogP contribution in [-0.4, -0.2) is 68.6 Å². The molecule has 2 rings (SSSR count). The van der Waals surface area contributed by atoms with E-state index in [0.29, 0.717) is 0 Å². The Morgan fingerprint density at radius 2 is 1.92 bits per heavy atom. The van der Waals surface area contributed by atoms with Gasteiger partial charge in [-0.15, -0.1) is 0 Å². The van der Waals surface area contributed by atoms with Crippen LogP contribution in [0.1, 0.15) is 74.1 Å². The number of esters is 1. The molecule has 0 unspecified atom stereocenters. The molecule has 0 spiro atoms. The molecule has 2 aliphatic rings. The molecule has 0 saturated carbocycles. The number of carbonyl (C=O) groups excluding carboxylic acids is 1. The summed E-state index contributed by atoms with van der Waals surface area (Å²) >= 11 is 0. The van der Waals surface area contributed by atoms with Gasteiger partial charge in [-0.1, -0.05) is 58.1 Å². The van der Waals surface area contributed by atoms with Gasteiger partial charge in [0.25, 0.3) is 0 Å². The first-order valence-corrected chi connectivity index (χ1v) is 13.4. The molecule has 11 atom stereocenters. The van der Waals surface area contributed by atoms with E-state index in [0.717, 1.165) is 18.4 Å². The van der Waals surface area contributed by atoms with Gasteiger partial charge in [-0.2, -0.15) is 0 Å². The summed E-state index contributed by atoms with van der Waals surface area (Å²) in [5.41, 5.74) is -0.570. The third-order valence-corrected chi connectivity index (χ3v) is 7.87. The highest BCUT2D eigenvalue weighted by Gasteiger charge is 2.45. The van der Waals surface area contributed by atoms with Crippen LogP contribution in [0, 0.1) is 23.7 Å². The highest BCUT2D eigenvalue weighted by molar-refractivity contribution is 5.73. The number of ether oxygens (including phenoxy) is 2. The zero-order valence-corrected chi connectivity index (χ0v) is 23.0. The molecule has 0 aromatic heterocycles. The first kappa shape index (κ1) is 30.7. The monoisotopic (exact) mass is 508 g/mol. The minimum absolute atomic E-state index is 0.116. The van der Waals surface area contributed by atoms with Gasteiger partial charge >= 0.3 is 5.97 Å². The third kappa shape index (κ3) is 8.52. The predicted octanol–water partition coefficient (Wildman–Crippen LogP) is 3.70. The first-order chi connectivity index (χ1) is 16.8. The number of hydrogen-bond donors (Lipinski definition) is 4. The minimum Gasteiger partial charge on any atom is -0.457 e. The maximum atomic E-state index is 12.8. The molecule has 2 heterocycles. The summed E-state index contributed by atoms with van der Waals surface area (Å²) in [6.07, 6.45) is 8.50. The lowest BCUT2D eigenvalue weighted by Crippen LogP contribution is -2.41. The van der Waals surface area contributed by atoms with Crippen molar-refractivity contribution < 1.29 is 34.7 Å². The number of epoxide rings is 1. The van der Waals surface area contributed by atoms with Crippen molar-refractivity contribution in [3.63, 3.8) is 0 Å². The van der Waals surface area contributed by atoms with Gasteiger partial charge in [-0.05, 0) is 57.9 Å². The van der Waals surface area contributed by atoms with Gasteiger partial charge in [0.15, 0.2) is 0 Å². The van der Waals surface area contributed by atoms with Crippen molar-refractivity contribution in [3.05, 3.63) is 36.0 Å². The number of carbonyl (C=O) groups is 1. The molecule has 0 bridgehead atoms. The summed E-state index contributed by atoms with van der Waals surface area (Å²) in [6.45, 7) is 13.1. The number of rotatable bonds is 8. The second-order valence-corrected chi connectivity index (χ2v) is 11.3. The van der Waals surface area contributed by atoms with Gasteiger partial charge in [0.2, 0.25) is 0 Å². The molecule has 7 heteroatoms. The molecule has 36 heavy (non-hydrogen) atoms. The van der Waals surface area contributed by atoms with Crippen LogP contribution in [-0.2, 0) is 14.3 Å². The van der Waals surface area contributed by atoms with E-state index in [4.69, 9.17) is 9.47 Å². The van der Waals surface area contributed by atoms with Crippen molar-refractivity contribution in [2.45, 2.75) is 116 Å². The standard InChI is InChI=1S/C29H48O7/c1-8-22(30)20(5)27-24(35-27)16-17(2)10-9-11-18(3)26-19(4)12-13-25(32)29(7,34)15-14-23(31)21(6)28(33)36-26/h9-13,17,19-27,30-32,34H,8,14-16H2,1-7H3/b10-9+,13-12+,18-11+/t17-,19+,20+,21+,22-,23+,24+,25-,26-,27+,29+/m0/s1. The number of hydrogen-bond acceptors (Lipinski definition) is 7.